The van der Waals surface area contributed by atoms with Crippen molar-refractivity contribution >= 4 is 0 Å². The van der Waals surface area contributed by atoms with E-state index in [0.717, 1.165) is 26.2 Å². The van der Waals surface area contributed by atoms with E-state index < -0.39 is 0 Å². The molecule has 1 aliphatic rings. The first-order valence-corrected chi connectivity index (χ1v) is 6.76. The van der Waals surface area contributed by atoms with Gasteiger partial charge in [0.25, 0.3) is 0 Å². The van der Waals surface area contributed by atoms with Gasteiger partial charge in [0, 0.05) is 25.7 Å². The minimum absolute atomic E-state index is 0.528. The first-order valence-electron chi connectivity index (χ1n) is 6.76. The van der Waals surface area contributed by atoms with Gasteiger partial charge >= 0.3 is 0 Å². The van der Waals surface area contributed by atoms with E-state index >= 15 is 0 Å². The van der Waals surface area contributed by atoms with Crippen LogP contribution >= 0.6 is 0 Å². The van der Waals surface area contributed by atoms with E-state index in [-0.39, 0.29) is 0 Å². The molecule has 0 aromatic rings. The molecule has 96 valence electrons. The van der Waals surface area contributed by atoms with Crippen molar-refractivity contribution in [2.45, 2.75) is 51.7 Å². The summed E-state index contributed by atoms with van der Waals surface area (Å²) in [6, 6.07) is 0.694. The van der Waals surface area contributed by atoms with Crippen molar-refractivity contribution in [1.82, 2.24) is 10.2 Å². The Labute approximate surface area is 101 Å². The maximum Gasteiger partial charge on any atom is 0.0588 e. The maximum absolute atomic E-state index is 5.59. The lowest BCUT2D eigenvalue weighted by atomic mass is 10.2. The molecule has 16 heavy (non-hydrogen) atoms. The van der Waals surface area contributed by atoms with Crippen molar-refractivity contribution in [3.05, 3.63) is 0 Å². The summed E-state index contributed by atoms with van der Waals surface area (Å²) in [4.78, 5) is 2.42. The van der Waals surface area contributed by atoms with Crippen LogP contribution in [0.2, 0.25) is 0 Å². The number of rotatable bonds is 8. The second-order valence-electron chi connectivity index (χ2n) is 4.91. The summed E-state index contributed by atoms with van der Waals surface area (Å²) in [5.41, 5.74) is 0. The molecule has 1 aliphatic heterocycles. The lowest BCUT2D eigenvalue weighted by Crippen LogP contribution is -2.35. The van der Waals surface area contributed by atoms with Crippen LogP contribution in [0.3, 0.4) is 0 Å². The maximum atomic E-state index is 5.59. The minimum atomic E-state index is 0.528. The molecule has 1 rings (SSSR count). The van der Waals surface area contributed by atoms with Crippen molar-refractivity contribution in [3.8, 4) is 0 Å². The van der Waals surface area contributed by atoms with Gasteiger partial charge in [-0.1, -0.05) is 6.92 Å². The standard InChI is InChI=1S/C13H28N2O/c1-4-12(2)15(3)10-9-14-8-7-13-6-5-11-16-13/h12-14H,4-11H2,1-3H3. The van der Waals surface area contributed by atoms with Crippen molar-refractivity contribution in [2.75, 3.05) is 33.3 Å². The fourth-order valence-electron chi connectivity index (χ4n) is 2.05. The van der Waals surface area contributed by atoms with Crippen LogP contribution in [0.25, 0.3) is 0 Å². The lowest BCUT2D eigenvalue weighted by molar-refractivity contribution is 0.104. The summed E-state index contributed by atoms with van der Waals surface area (Å²) < 4.78 is 5.59. The molecule has 2 atom stereocenters. The number of hydrogen-bond donors (Lipinski definition) is 1. The van der Waals surface area contributed by atoms with Crippen LogP contribution in [0.4, 0.5) is 0 Å². The zero-order chi connectivity index (χ0) is 11.8. The van der Waals surface area contributed by atoms with Gasteiger partial charge in [0.2, 0.25) is 0 Å². The second-order valence-corrected chi connectivity index (χ2v) is 4.91. The molecule has 0 radical (unpaired) electrons. The fourth-order valence-corrected chi connectivity index (χ4v) is 2.05. The Morgan fingerprint density at radius 3 is 2.88 bits per heavy atom. The van der Waals surface area contributed by atoms with Gasteiger partial charge in [-0.3, -0.25) is 0 Å². The molecule has 1 fully saturated rings. The summed E-state index contributed by atoms with van der Waals surface area (Å²) in [5, 5.41) is 3.50. The second kappa shape index (κ2) is 8.04. The molecular weight excluding hydrogens is 200 g/mol. The molecule has 3 heteroatoms. The number of nitrogens with one attached hydrogen (secondary N) is 1. The third kappa shape index (κ3) is 5.28. The van der Waals surface area contributed by atoms with Crippen molar-refractivity contribution in [1.29, 1.82) is 0 Å². The van der Waals surface area contributed by atoms with Gasteiger partial charge in [-0.2, -0.15) is 0 Å². The molecule has 0 amide bonds. The third-order valence-electron chi connectivity index (χ3n) is 3.65. The van der Waals surface area contributed by atoms with E-state index in [9.17, 15) is 0 Å². The normalized spacial score (nSPS) is 22.9. The van der Waals surface area contributed by atoms with Gasteiger partial charge in [0.15, 0.2) is 0 Å². The topological polar surface area (TPSA) is 24.5 Å². The molecule has 1 N–H and O–H groups in total. The predicted molar refractivity (Wildman–Crippen MR) is 68.8 cm³/mol. The minimum Gasteiger partial charge on any atom is -0.378 e. The van der Waals surface area contributed by atoms with Crippen LogP contribution in [0.15, 0.2) is 0 Å². The Balaban J connectivity index is 1.91. The lowest BCUT2D eigenvalue weighted by Gasteiger charge is -2.23. The Hall–Kier alpha value is -0.120. The summed E-state index contributed by atoms with van der Waals surface area (Å²) >= 11 is 0. The first-order chi connectivity index (χ1) is 7.74. The fraction of sp³-hybridized carbons (Fsp3) is 1.00. The van der Waals surface area contributed by atoms with Crippen LogP contribution in [-0.4, -0.2) is 50.3 Å². The average Bonchev–Trinajstić information content (AvgIpc) is 2.80. The quantitative estimate of drug-likeness (QED) is 0.642. The van der Waals surface area contributed by atoms with Crippen molar-refractivity contribution in [2.24, 2.45) is 0 Å². The monoisotopic (exact) mass is 228 g/mol. The zero-order valence-electron chi connectivity index (χ0n) is 11.2. The molecule has 0 aromatic heterocycles. The molecule has 2 unspecified atom stereocenters. The Kier molecular flexibility index (Phi) is 7.01. The number of ether oxygens (including phenoxy) is 1. The van der Waals surface area contributed by atoms with E-state index in [1.54, 1.807) is 0 Å². The summed E-state index contributed by atoms with van der Waals surface area (Å²) in [6.45, 7) is 8.83. The highest BCUT2D eigenvalue weighted by Crippen LogP contribution is 2.14. The summed E-state index contributed by atoms with van der Waals surface area (Å²) in [6.07, 6.45) is 5.44. The molecule has 1 heterocycles. The molecule has 0 aliphatic carbocycles. The largest absolute Gasteiger partial charge is 0.378 e. The number of nitrogens with zero attached hydrogens (tertiary/aromatic N) is 1. The van der Waals surface area contributed by atoms with Crippen LogP contribution in [0.1, 0.15) is 39.5 Å². The number of likely N-dealkylation sites (N-methyl/N-ethyl adjacent to an activating group) is 1. The van der Waals surface area contributed by atoms with Gasteiger partial charge in [0.1, 0.15) is 0 Å². The molecule has 3 nitrogen and oxygen atoms in total. The SMILES string of the molecule is CCC(C)N(C)CCNCCC1CCCO1. The van der Waals surface area contributed by atoms with Crippen LogP contribution in [-0.2, 0) is 4.74 Å². The Bertz CT molecular complexity index is 169. The Morgan fingerprint density at radius 1 is 1.44 bits per heavy atom. The molecule has 0 saturated carbocycles. The van der Waals surface area contributed by atoms with Crippen LogP contribution < -0.4 is 5.32 Å². The van der Waals surface area contributed by atoms with E-state index in [0.29, 0.717) is 12.1 Å². The molecule has 0 bridgehead atoms. The summed E-state index contributed by atoms with van der Waals surface area (Å²) in [5.74, 6) is 0. The van der Waals surface area contributed by atoms with E-state index in [4.69, 9.17) is 4.74 Å². The van der Waals surface area contributed by atoms with Gasteiger partial charge < -0.3 is 15.0 Å². The van der Waals surface area contributed by atoms with Gasteiger partial charge in [-0.25, -0.2) is 0 Å². The van der Waals surface area contributed by atoms with Crippen molar-refractivity contribution < 1.29 is 4.74 Å². The molecular formula is C13H28N2O. The van der Waals surface area contributed by atoms with E-state index in [2.05, 4.69) is 31.1 Å². The van der Waals surface area contributed by atoms with Gasteiger partial charge in [0.05, 0.1) is 6.10 Å². The van der Waals surface area contributed by atoms with Crippen LogP contribution in [0.5, 0.6) is 0 Å². The van der Waals surface area contributed by atoms with Crippen molar-refractivity contribution in [3.63, 3.8) is 0 Å². The highest BCUT2D eigenvalue weighted by Gasteiger charge is 2.14. The first kappa shape index (κ1) is 13.9. The number of hydrogen-bond acceptors (Lipinski definition) is 3. The van der Waals surface area contributed by atoms with Gasteiger partial charge in [-0.05, 0) is 46.2 Å². The van der Waals surface area contributed by atoms with E-state index in [1.807, 2.05) is 0 Å². The Morgan fingerprint density at radius 2 is 2.25 bits per heavy atom. The highest BCUT2D eigenvalue weighted by molar-refractivity contribution is 4.67. The molecule has 1 saturated heterocycles. The third-order valence-corrected chi connectivity index (χ3v) is 3.65. The predicted octanol–water partition coefficient (Wildman–Crippen LogP) is 1.88. The molecule has 0 aromatic carbocycles. The molecule has 0 spiro atoms. The summed E-state index contributed by atoms with van der Waals surface area (Å²) in [7, 11) is 2.20. The van der Waals surface area contributed by atoms with Gasteiger partial charge in [-0.15, -0.1) is 0 Å². The smallest absolute Gasteiger partial charge is 0.0588 e. The highest BCUT2D eigenvalue weighted by atomic mass is 16.5. The van der Waals surface area contributed by atoms with E-state index in [1.165, 1.54) is 25.7 Å². The van der Waals surface area contributed by atoms with Crippen LogP contribution in [0, 0.1) is 0 Å². The average molecular weight is 228 g/mol. The zero-order valence-corrected chi connectivity index (χ0v) is 11.2.